The van der Waals surface area contributed by atoms with E-state index in [1.54, 1.807) is 0 Å². The summed E-state index contributed by atoms with van der Waals surface area (Å²) in [5, 5.41) is 3.74. The Kier molecular flexibility index (Phi) is 8.08. The number of hydrogen-bond acceptors (Lipinski definition) is 3. The molecule has 2 atom stereocenters. The molecule has 0 amide bonds. The molecule has 28 heavy (non-hydrogen) atoms. The van der Waals surface area contributed by atoms with Gasteiger partial charge in [-0.3, -0.25) is 0 Å². The van der Waals surface area contributed by atoms with Crippen molar-refractivity contribution in [3.8, 4) is 0 Å². The molecule has 0 radical (unpaired) electrons. The van der Waals surface area contributed by atoms with Gasteiger partial charge in [-0.25, -0.2) is 0 Å². The highest BCUT2D eigenvalue weighted by atomic mass is 16.5. The van der Waals surface area contributed by atoms with Gasteiger partial charge in [0.2, 0.25) is 0 Å². The maximum absolute atomic E-state index is 6.20. The van der Waals surface area contributed by atoms with Gasteiger partial charge in [-0.15, -0.1) is 0 Å². The van der Waals surface area contributed by atoms with Crippen molar-refractivity contribution in [2.24, 2.45) is 11.3 Å². The third kappa shape index (κ3) is 6.16. The zero-order valence-electron chi connectivity index (χ0n) is 17.4. The van der Waals surface area contributed by atoms with Crippen LogP contribution >= 0.6 is 0 Å². The highest BCUT2D eigenvalue weighted by Crippen LogP contribution is 2.42. The van der Waals surface area contributed by atoms with Gasteiger partial charge in [-0.2, -0.15) is 0 Å². The first-order valence-corrected chi connectivity index (χ1v) is 10.7. The first kappa shape index (κ1) is 21.0. The fourth-order valence-corrected chi connectivity index (χ4v) is 4.38. The van der Waals surface area contributed by atoms with Gasteiger partial charge in [0.1, 0.15) is 0 Å². The number of ether oxygens (including phenoxy) is 2. The highest BCUT2D eigenvalue weighted by Gasteiger charge is 2.43. The Morgan fingerprint density at radius 1 is 0.857 bits per heavy atom. The molecule has 0 saturated heterocycles. The second-order valence-electron chi connectivity index (χ2n) is 8.40. The Bertz CT molecular complexity index is 628. The summed E-state index contributed by atoms with van der Waals surface area (Å²) in [5.74, 6) is 0.646. The first-order valence-electron chi connectivity index (χ1n) is 10.7. The van der Waals surface area contributed by atoms with Gasteiger partial charge in [0.05, 0.1) is 26.4 Å². The molecule has 0 spiro atoms. The minimum atomic E-state index is 0.0917. The van der Waals surface area contributed by atoms with Crippen LogP contribution in [0.1, 0.15) is 44.2 Å². The quantitative estimate of drug-likeness (QED) is 0.580. The predicted molar refractivity (Wildman–Crippen MR) is 115 cm³/mol. The van der Waals surface area contributed by atoms with Crippen molar-refractivity contribution in [2.45, 2.75) is 52.4 Å². The molecule has 152 valence electrons. The molecule has 1 aliphatic rings. The van der Waals surface area contributed by atoms with Crippen LogP contribution in [0.5, 0.6) is 0 Å². The van der Waals surface area contributed by atoms with Gasteiger partial charge in [-0.1, -0.05) is 74.5 Å². The van der Waals surface area contributed by atoms with Gasteiger partial charge in [0.15, 0.2) is 0 Å². The SMILES string of the molecule is CCCN[C@H]1CC(COCc2ccccc2)(COCc2ccccc2)C[C@@H]1C. The Labute approximate surface area is 170 Å². The molecule has 2 aromatic rings. The van der Waals surface area contributed by atoms with Crippen molar-refractivity contribution in [1.82, 2.24) is 5.32 Å². The van der Waals surface area contributed by atoms with Crippen LogP contribution in [0.2, 0.25) is 0 Å². The Morgan fingerprint density at radius 2 is 1.39 bits per heavy atom. The number of rotatable bonds is 11. The van der Waals surface area contributed by atoms with Crippen molar-refractivity contribution in [3.05, 3.63) is 71.8 Å². The standard InChI is InChI=1S/C25H35NO2/c1-3-14-26-24-16-25(15-21(24)2,19-27-17-22-10-6-4-7-11-22)20-28-18-23-12-8-5-9-13-23/h4-13,21,24,26H,3,14-20H2,1-2H3/t21-,24-/m0/s1. The lowest BCUT2D eigenvalue weighted by atomic mass is 9.87. The van der Waals surface area contributed by atoms with E-state index in [0.717, 1.165) is 32.6 Å². The largest absolute Gasteiger partial charge is 0.376 e. The van der Waals surface area contributed by atoms with E-state index in [1.807, 2.05) is 12.1 Å². The molecule has 1 saturated carbocycles. The summed E-state index contributed by atoms with van der Waals surface area (Å²) >= 11 is 0. The first-order chi connectivity index (χ1) is 13.7. The molecule has 2 aromatic carbocycles. The fraction of sp³-hybridized carbons (Fsp3) is 0.520. The van der Waals surface area contributed by atoms with Crippen LogP contribution in [-0.4, -0.2) is 25.8 Å². The van der Waals surface area contributed by atoms with Crippen molar-refractivity contribution in [3.63, 3.8) is 0 Å². The van der Waals surface area contributed by atoms with Gasteiger partial charge < -0.3 is 14.8 Å². The molecule has 0 unspecified atom stereocenters. The lowest BCUT2D eigenvalue weighted by Gasteiger charge is -2.29. The van der Waals surface area contributed by atoms with Crippen LogP contribution in [0.25, 0.3) is 0 Å². The number of nitrogens with one attached hydrogen (secondary N) is 1. The van der Waals surface area contributed by atoms with Crippen molar-refractivity contribution >= 4 is 0 Å². The second kappa shape index (κ2) is 10.8. The average molecular weight is 382 g/mol. The maximum atomic E-state index is 6.20. The van der Waals surface area contributed by atoms with Crippen LogP contribution < -0.4 is 5.32 Å². The van der Waals surface area contributed by atoms with Gasteiger partial charge in [-0.05, 0) is 42.9 Å². The Morgan fingerprint density at radius 3 is 1.89 bits per heavy atom. The summed E-state index contributed by atoms with van der Waals surface area (Å²) in [5.41, 5.74) is 2.55. The number of hydrogen-bond donors (Lipinski definition) is 1. The summed E-state index contributed by atoms with van der Waals surface area (Å²) in [6.45, 7) is 8.53. The molecular formula is C25H35NO2. The van der Waals surface area contributed by atoms with E-state index in [4.69, 9.17) is 9.47 Å². The Hall–Kier alpha value is -1.68. The smallest absolute Gasteiger partial charge is 0.0717 e. The zero-order valence-corrected chi connectivity index (χ0v) is 17.4. The summed E-state index contributed by atoms with van der Waals surface area (Å²) in [6.07, 6.45) is 3.45. The maximum Gasteiger partial charge on any atom is 0.0717 e. The molecule has 3 heteroatoms. The molecule has 0 bridgehead atoms. The minimum Gasteiger partial charge on any atom is -0.376 e. The third-order valence-electron chi connectivity index (χ3n) is 5.79. The molecule has 3 rings (SSSR count). The molecular weight excluding hydrogens is 346 g/mol. The molecule has 1 aliphatic carbocycles. The Balaban J connectivity index is 1.58. The topological polar surface area (TPSA) is 30.5 Å². The summed E-state index contributed by atoms with van der Waals surface area (Å²) in [7, 11) is 0. The second-order valence-corrected chi connectivity index (χ2v) is 8.40. The molecule has 1 fully saturated rings. The molecule has 1 N–H and O–H groups in total. The van der Waals surface area contributed by atoms with Crippen LogP contribution in [0.4, 0.5) is 0 Å². The molecule has 3 nitrogen and oxygen atoms in total. The van der Waals surface area contributed by atoms with Crippen molar-refractivity contribution < 1.29 is 9.47 Å². The van der Waals surface area contributed by atoms with E-state index in [1.165, 1.54) is 17.5 Å². The lowest BCUT2D eigenvalue weighted by molar-refractivity contribution is -0.0321. The van der Waals surface area contributed by atoms with E-state index in [9.17, 15) is 0 Å². The van der Waals surface area contributed by atoms with Crippen molar-refractivity contribution in [2.75, 3.05) is 19.8 Å². The van der Waals surface area contributed by atoms with Crippen LogP contribution in [0, 0.1) is 11.3 Å². The minimum absolute atomic E-state index is 0.0917. The van der Waals surface area contributed by atoms with E-state index in [0.29, 0.717) is 25.2 Å². The van der Waals surface area contributed by atoms with E-state index < -0.39 is 0 Å². The highest BCUT2D eigenvalue weighted by molar-refractivity contribution is 5.14. The molecule has 0 aliphatic heterocycles. The van der Waals surface area contributed by atoms with Crippen molar-refractivity contribution in [1.29, 1.82) is 0 Å². The van der Waals surface area contributed by atoms with Crippen LogP contribution in [0.15, 0.2) is 60.7 Å². The fourth-order valence-electron chi connectivity index (χ4n) is 4.38. The van der Waals surface area contributed by atoms with Gasteiger partial charge in [0, 0.05) is 11.5 Å². The van der Waals surface area contributed by atoms with Gasteiger partial charge >= 0.3 is 0 Å². The molecule has 0 heterocycles. The van der Waals surface area contributed by atoms with Crippen LogP contribution in [0.3, 0.4) is 0 Å². The van der Waals surface area contributed by atoms with E-state index in [2.05, 4.69) is 67.7 Å². The average Bonchev–Trinajstić information content (AvgIpc) is 3.03. The summed E-state index contributed by atoms with van der Waals surface area (Å²) < 4.78 is 12.4. The lowest BCUT2D eigenvalue weighted by Crippen LogP contribution is -2.35. The summed E-state index contributed by atoms with van der Waals surface area (Å²) in [6, 6.07) is 21.4. The monoisotopic (exact) mass is 381 g/mol. The molecule has 0 aromatic heterocycles. The van der Waals surface area contributed by atoms with E-state index in [-0.39, 0.29) is 5.41 Å². The van der Waals surface area contributed by atoms with Gasteiger partial charge in [0.25, 0.3) is 0 Å². The third-order valence-corrected chi connectivity index (χ3v) is 5.79. The predicted octanol–water partition coefficient (Wildman–Crippen LogP) is 5.20. The number of benzene rings is 2. The van der Waals surface area contributed by atoms with Crippen LogP contribution in [-0.2, 0) is 22.7 Å². The zero-order chi connectivity index (χ0) is 19.7. The normalized spacial score (nSPS) is 21.1. The van der Waals surface area contributed by atoms with E-state index >= 15 is 0 Å². The summed E-state index contributed by atoms with van der Waals surface area (Å²) in [4.78, 5) is 0.